The zero-order valence-corrected chi connectivity index (χ0v) is 15.6. The summed E-state index contributed by atoms with van der Waals surface area (Å²) in [6.07, 6.45) is 5.62. The topological polar surface area (TPSA) is 53.5 Å². The Balaban J connectivity index is 1.82. The fourth-order valence-electron chi connectivity index (χ4n) is 3.82. The minimum absolute atomic E-state index is 0.00114. The SMILES string of the molecule is CC(C)=CCN1C(=O)[C@H]2CC[C@@H]1CN(C(=O)c1cnc(C)cc1C)C2. The van der Waals surface area contributed by atoms with Crippen LogP contribution in [0.15, 0.2) is 23.9 Å². The van der Waals surface area contributed by atoms with E-state index in [1.54, 1.807) is 6.20 Å². The number of aryl methyl sites for hydroxylation is 2. The maximum atomic E-state index is 13.0. The Bertz CT molecular complexity index is 722. The molecule has 0 spiro atoms. The molecule has 1 aromatic heterocycles. The second-order valence-corrected chi connectivity index (χ2v) is 7.55. The molecule has 25 heavy (non-hydrogen) atoms. The molecule has 1 aromatic rings. The minimum Gasteiger partial charge on any atom is -0.336 e. The molecule has 4 rings (SSSR count). The molecular weight excluding hydrogens is 314 g/mol. The summed E-state index contributed by atoms with van der Waals surface area (Å²) in [7, 11) is 0. The first-order chi connectivity index (χ1) is 11.9. The summed E-state index contributed by atoms with van der Waals surface area (Å²) in [5.41, 5.74) is 3.72. The lowest BCUT2D eigenvalue weighted by Gasteiger charge is -2.35. The number of carbonyl (C=O) groups is 2. The van der Waals surface area contributed by atoms with Gasteiger partial charge in [-0.05, 0) is 52.2 Å². The normalized spacial score (nSPS) is 22.8. The summed E-state index contributed by atoms with van der Waals surface area (Å²) >= 11 is 0. The van der Waals surface area contributed by atoms with Gasteiger partial charge in [0.2, 0.25) is 5.91 Å². The second-order valence-electron chi connectivity index (χ2n) is 7.55. The van der Waals surface area contributed by atoms with Gasteiger partial charge in [0.25, 0.3) is 5.91 Å². The predicted octanol–water partition coefficient (Wildman–Crippen LogP) is 2.73. The molecule has 3 saturated heterocycles. The van der Waals surface area contributed by atoms with Crippen LogP contribution in [0.3, 0.4) is 0 Å². The van der Waals surface area contributed by atoms with Gasteiger partial charge in [0.05, 0.1) is 11.5 Å². The first kappa shape index (κ1) is 17.6. The smallest absolute Gasteiger partial charge is 0.255 e. The Kier molecular flexibility index (Phi) is 4.93. The summed E-state index contributed by atoms with van der Waals surface area (Å²) in [6, 6.07) is 2.05. The fourth-order valence-corrected chi connectivity index (χ4v) is 3.82. The highest BCUT2D eigenvalue weighted by Gasteiger charge is 2.41. The highest BCUT2D eigenvalue weighted by Crippen LogP contribution is 2.30. The number of aromatic nitrogens is 1. The van der Waals surface area contributed by atoms with E-state index in [2.05, 4.69) is 11.1 Å². The molecule has 3 aliphatic heterocycles. The van der Waals surface area contributed by atoms with E-state index in [0.717, 1.165) is 24.1 Å². The molecule has 134 valence electrons. The average molecular weight is 341 g/mol. The molecule has 5 heteroatoms. The standard InChI is InChI=1S/C20H27N3O2/c1-13(2)7-8-23-17-6-5-16(19(23)24)11-22(12-17)20(25)18-10-21-15(4)9-14(18)3/h7,9-10,16-17H,5-6,8,11-12H2,1-4H3/t16-,17+/m0/s1. The number of hydrogen-bond acceptors (Lipinski definition) is 3. The number of amides is 2. The van der Waals surface area contributed by atoms with Crippen LogP contribution in [0.5, 0.6) is 0 Å². The van der Waals surface area contributed by atoms with Crippen LogP contribution in [0.2, 0.25) is 0 Å². The highest BCUT2D eigenvalue weighted by molar-refractivity contribution is 5.96. The van der Waals surface area contributed by atoms with Crippen molar-refractivity contribution in [2.45, 2.75) is 46.6 Å². The van der Waals surface area contributed by atoms with Gasteiger partial charge < -0.3 is 9.80 Å². The Morgan fingerprint density at radius 1 is 1.28 bits per heavy atom. The van der Waals surface area contributed by atoms with Crippen molar-refractivity contribution >= 4 is 11.8 Å². The van der Waals surface area contributed by atoms with E-state index in [4.69, 9.17) is 0 Å². The summed E-state index contributed by atoms with van der Waals surface area (Å²) in [4.78, 5) is 33.9. The van der Waals surface area contributed by atoms with Crippen molar-refractivity contribution in [3.05, 3.63) is 40.7 Å². The summed E-state index contributed by atoms with van der Waals surface area (Å²) < 4.78 is 0. The van der Waals surface area contributed by atoms with Crippen LogP contribution in [0.4, 0.5) is 0 Å². The van der Waals surface area contributed by atoms with Gasteiger partial charge in [0, 0.05) is 37.6 Å². The maximum absolute atomic E-state index is 13.0. The molecular formula is C20H27N3O2. The zero-order chi connectivity index (χ0) is 18.1. The van der Waals surface area contributed by atoms with E-state index in [0.29, 0.717) is 25.2 Å². The van der Waals surface area contributed by atoms with Gasteiger partial charge in [-0.15, -0.1) is 0 Å². The Morgan fingerprint density at radius 2 is 2.04 bits per heavy atom. The largest absolute Gasteiger partial charge is 0.336 e. The third-order valence-electron chi connectivity index (χ3n) is 5.25. The number of hydrogen-bond donors (Lipinski definition) is 0. The molecule has 0 saturated carbocycles. The predicted molar refractivity (Wildman–Crippen MR) is 97.3 cm³/mol. The van der Waals surface area contributed by atoms with Gasteiger partial charge >= 0.3 is 0 Å². The van der Waals surface area contributed by atoms with E-state index in [9.17, 15) is 9.59 Å². The number of allylic oxidation sites excluding steroid dienone is 1. The van der Waals surface area contributed by atoms with Crippen LogP contribution in [-0.2, 0) is 4.79 Å². The van der Waals surface area contributed by atoms with Crippen molar-refractivity contribution in [1.82, 2.24) is 14.8 Å². The van der Waals surface area contributed by atoms with Crippen molar-refractivity contribution in [3.63, 3.8) is 0 Å². The third-order valence-corrected chi connectivity index (χ3v) is 5.25. The number of fused-ring (bicyclic) bond motifs is 4. The van der Waals surface area contributed by atoms with E-state index in [-0.39, 0.29) is 23.8 Å². The molecule has 0 N–H and O–H groups in total. The average Bonchev–Trinajstić information content (AvgIpc) is 2.83. The van der Waals surface area contributed by atoms with Crippen LogP contribution < -0.4 is 0 Å². The monoisotopic (exact) mass is 341 g/mol. The maximum Gasteiger partial charge on any atom is 0.255 e. The van der Waals surface area contributed by atoms with E-state index in [1.165, 1.54) is 5.57 Å². The van der Waals surface area contributed by atoms with Gasteiger partial charge in [-0.3, -0.25) is 14.6 Å². The number of pyridine rings is 1. The molecule has 0 radical (unpaired) electrons. The fraction of sp³-hybridized carbons (Fsp3) is 0.550. The van der Waals surface area contributed by atoms with Crippen LogP contribution in [0.1, 0.15) is 48.3 Å². The van der Waals surface area contributed by atoms with Crippen molar-refractivity contribution in [2.75, 3.05) is 19.6 Å². The molecule has 2 bridgehead atoms. The molecule has 5 nitrogen and oxygen atoms in total. The number of piperidine rings is 1. The molecule has 0 aromatic carbocycles. The van der Waals surface area contributed by atoms with Gasteiger partial charge in [-0.25, -0.2) is 0 Å². The van der Waals surface area contributed by atoms with Crippen LogP contribution in [0.25, 0.3) is 0 Å². The van der Waals surface area contributed by atoms with Crippen LogP contribution in [0, 0.1) is 19.8 Å². The number of nitrogens with zero attached hydrogens (tertiary/aromatic N) is 3. The molecule has 2 amide bonds. The summed E-state index contributed by atoms with van der Waals surface area (Å²) in [5, 5.41) is 0. The van der Waals surface area contributed by atoms with Crippen LogP contribution >= 0.6 is 0 Å². The molecule has 3 aliphatic rings. The van der Waals surface area contributed by atoms with E-state index >= 15 is 0 Å². The van der Waals surface area contributed by atoms with Gasteiger partial charge in [0.1, 0.15) is 0 Å². The first-order valence-electron chi connectivity index (χ1n) is 9.03. The third kappa shape index (κ3) is 3.60. The van der Waals surface area contributed by atoms with E-state index < -0.39 is 0 Å². The van der Waals surface area contributed by atoms with Gasteiger partial charge in [-0.2, -0.15) is 0 Å². The second kappa shape index (κ2) is 6.98. The summed E-state index contributed by atoms with van der Waals surface area (Å²) in [5.74, 6) is 0.119. The number of rotatable bonds is 3. The quantitative estimate of drug-likeness (QED) is 0.795. The van der Waals surface area contributed by atoms with Crippen molar-refractivity contribution in [3.8, 4) is 0 Å². The zero-order valence-electron chi connectivity index (χ0n) is 15.6. The Morgan fingerprint density at radius 3 is 2.72 bits per heavy atom. The molecule has 2 atom stereocenters. The lowest BCUT2D eigenvalue weighted by molar-refractivity contribution is -0.139. The highest BCUT2D eigenvalue weighted by atomic mass is 16.2. The van der Waals surface area contributed by atoms with Crippen LogP contribution in [-0.4, -0.2) is 52.3 Å². The molecule has 3 fully saturated rings. The lowest BCUT2D eigenvalue weighted by Crippen LogP contribution is -2.48. The lowest BCUT2D eigenvalue weighted by atomic mass is 9.94. The summed E-state index contributed by atoms with van der Waals surface area (Å²) in [6.45, 7) is 9.74. The molecule has 0 unspecified atom stereocenters. The van der Waals surface area contributed by atoms with Crippen molar-refractivity contribution in [1.29, 1.82) is 0 Å². The van der Waals surface area contributed by atoms with Gasteiger partial charge in [-0.1, -0.05) is 11.6 Å². The molecule has 4 heterocycles. The van der Waals surface area contributed by atoms with Crippen molar-refractivity contribution < 1.29 is 9.59 Å². The number of carbonyl (C=O) groups excluding carboxylic acids is 2. The Hall–Kier alpha value is -2.17. The molecule has 0 aliphatic carbocycles. The first-order valence-corrected chi connectivity index (χ1v) is 9.03. The van der Waals surface area contributed by atoms with E-state index in [1.807, 2.05) is 43.6 Å². The Labute approximate surface area is 149 Å². The van der Waals surface area contributed by atoms with Gasteiger partial charge in [0.15, 0.2) is 0 Å². The van der Waals surface area contributed by atoms with Crippen molar-refractivity contribution in [2.24, 2.45) is 5.92 Å². The minimum atomic E-state index is -0.0769.